The largest absolute Gasteiger partial charge is 0.367 e. The summed E-state index contributed by atoms with van der Waals surface area (Å²) >= 11 is 0. The normalized spacial score (nSPS) is 10.3. The first kappa shape index (κ1) is 15.8. The minimum Gasteiger partial charge on any atom is -0.367 e. The van der Waals surface area contributed by atoms with Crippen molar-refractivity contribution in [1.29, 1.82) is 0 Å². The number of nitrogens with one attached hydrogen (secondary N) is 1. The maximum Gasteiger partial charge on any atom is 0.250 e. The summed E-state index contributed by atoms with van der Waals surface area (Å²) in [6.45, 7) is 0.365. The number of hydrogen-bond donors (Lipinski definition) is 1. The lowest BCUT2D eigenvalue weighted by molar-refractivity contribution is -0.121. The molecule has 0 saturated heterocycles. The fourth-order valence-corrected chi connectivity index (χ4v) is 2.07. The number of hydrogen-bond acceptors (Lipinski definition) is 5. The highest BCUT2D eigenvalue weighted by Gasteiger charge is 2.05. The molecule has 0 saturated carbocycles. The summed E-state index contributed by atoms with van der Waals surface area (Å²) in [5, 5.41) is 2.70. The number of aromatic nitrogens is 3. The first-order valence-electron chi connectivity index (χ1n) is 7.45. The Balaban J connectivity index is 1.49. The number of benzene rings is 1. The molecule has 0 atom stereocenters. The fraction of sp³-hybridized carbons (Fsp3) is 0.111. The molecular weight excluding hydrogens is 304 g/mol. The molecule has 2 aromatic heterocycles. The molecule has 120 valence electrons. The average molecular weight is 320 g/mol. The second-order valence-electron chi connectivity index (χ2n) is 5.06. The summed E-state index contributed by atoms with van der Waals surface area (Å²) in [7, 11) is 0. The van der Waals surface area contributed by atoms with E-state index in [4.69, 9.17) is 4.74 Å². The van der Waals surface area contributed by atoms with Gasteiger partial charge < -0.3 is 10.1 Å². The third kappa shape index (κ3) is 4.44. The number of pyridine rings is 1. The monoisotopic (exact) mass is 320 g/mol. The molecule has 3 aromatic rings. The molecule has 3 rings (SSSR count). The van der Waals surface area contributed by atoms with E-state index in [-0.39, 0.29) is 12.5 Å². The van der Waals surface area contributed by atoms with Crippen LogP contribution in [0, 0.1) is 0 Å². The quantitative estimate of drug-likeness (QED) is 0.755. The highest BCUT2D eigenvalue weighted by atomic mass is 16.5. The number of rotatable bonds is 6. The molecule has 6 heteroatoms. The van der Waals surface area contributed by atoms with Crippen molar-refractivity contribution in [2.45, 2.75) is 6.61 Å². The van der Waals surface area contributed by atoms with Crippen LogP contribution in [-0.2, 0) is 16.1 Å². The number of anilines is 1. The van der Waals surface area contributed by atoms with Crippen LogP contribution in [0.5, 0.6) is 0 Å². The zero-order valence-corrected chi connectivity index (χ0v) is 12.9. The highest BCUT2D eigenvalue weighted by Crippen LogP contribution is 2.13. The van der Waals surface area contributed by atoms with E-state index < -0.39 is 0 Å². The van der Waals surface area contributed by atoms with Crippen molar-refractivity contribution in [2.75, 3.05) is 11.9 Å². The van der Waals surface area contributed by atoms with E-state index in [1.165, 1.54) is 0 Å². The van der Waals surface area contributed by atoms with Gasteiger partial charge in [-0.1, -0.05) is 30.3 Å². The lowest BCUT2D eigenvalue weighted by atomic mass is 10.2. The molecule has 1 aromatic carbocycles. The van der Waals surface area contributed by atoms with Crippen LogP contribution in [0.4, 0.5) is 5.69 Å². The molecule has 6 nitrogen and oxygen atoms in total. The summed E-state index contributed by atoms with van der Waals surface area (Å²) in [5.74, 6) is 0.310. The summed E-state index contributed by atoms with van der Waals surface area (Å²) in [6, 6.07) is 13.4. The number of carbonyl (C=O) groups excluding carboxylic acids is 1. The number of amides is 1. The molecule has 0 aliphatic heterocycles. The smallest absolute Gasteiger partial charge is 0.250 e. The van der Waals surface area contributed by atoms with Crippen LogP contribution in [0.15, 0.2) is 67.3 Å². The molecule has 0 aliphatic carbocycles. The van der Waals surface area contributed by atoms with Gasteiger partial charge in [-0.3, -0.25) is 9.78 Å². The third-order valence-corrected chi connectivity index (χ3v) is 3.20. The van der Waals surface area contributed by atoms with Crippen molar-refractivity contribution >= 4 is 11.6 Å². The first-order chi connectivity index (χ1) is 11.8. The zero-order chi connectivity index (χ0) is 16.6. The molecule has 0 radical (unpaired) electrons. The van der Waals surface area contributed by atoms with Gasteiger partial charge in [0.15, 0.2) is 5.82 Å². The van der Waals surface area contributed by atoms with Crippen molar-refractivity contribution < 1.29 is 9.53 Å². The van der Waals surface area contributed by atoms with E-state index in [1.54, 1.807) is 24.8 Å². The predicted octanol–water partition coefficient (Wildman–Crippen LogP) is 2.69. The van der Waals surface area contributed by atoms with Gasteiger partial charge in [-0.25, -0.2) is 9.97 Å². The fourth-order valence-electron chi connectivity index (χ4n) is 2.07. The van der Waals surface area contributed by atoms with Crippen molar-refractivity contribution in [2.24, 2.45) is 0 Å². The Morgan fingerprint density at radius 3 is 2.50 bits per heavy atom. The molecule has 0 fully saturated rings. The van der Waals surface area contributed by atoms with E-state index in [0.29, 0.717) is 18.1 Å². The Morgan fingerprint density at radius 1 is 1.00 bits per heavy atom. The van der Waals surface area contributed by atoms with Crippen LogP contribution in [0.2, 0.25) is 0 Å². The van der Waals surface area contributed by atoms with Crippen LogP contribution in [0.25, 0.3) is 11.4 Å². The van der Waals surface area contributed by atoms with Gasteiger partial charge >= 0.3 is 0 Å². The summed E-state index contributed by atoms with van der Waals surface area (Å²) in [5.41, 5.74) is 2.37. The summed E-state index contributed by atoms with van der Waals surface area (Å²) in [6.07, 6.45) is 6.49. The van der Waals surface area contributed by atoms with Crippen LogP contribution >= 0.6 is 0 Å². The number of carbonyl (C=O) groups is 1. The SMILES string of the molecule is O=C(COCc1ccccc1)Nc1cnc(-c2cccnc2)nc1. The second-order valence-corrected chi connectivity index (χ2v) is 5.06. The van der Waals surface area contributed by atoms with Gasteiger partial charge in [0.05, 0.1) is 24.7 Å². The van der Waals surface area contributed by atoms with Crippen molar-refractivity contribution in [3.05, 3.63) is 72.8 Å². The molecule has 0 spiro atoms. The maximum atomic E-state index is 11.9. The molecule has 0 bridgehead atoms. The molecular formula is C18H16N4O2. The van der Waals surface area contributed by atoms with E-state index in [0.717, 1.165) is 11.1 Å². The van der Waals surface area contributed by atoms with Gasteiger partial charge in [-0.2, -0.15) is 0 Å². The van der Waals surface area contributed by atoms with Crippen molar-refractivity contribution in [3.8, 4) is 11.4 Å². The van der Waals surface area contributed by atoms with Gasteiger partial charge in [0, 0.05) is 18.0 Å². The van der Waals surface area contributed by atoms with Gasteiger partial charge in [0.2, 0.25) is 5.91 Å². The number of ether oxygens (including phenoxy) is 1. The van der Waals surface area contributed by atoms with Crippen LogP contribution in [0.1, 0.15) is 5.56 Å². The van der Waals surface area contributed by atoms with E-state index >= 15 is 0 Å². The standard InChI is InChI=1S/C18H16N4O2/c23-17(13-24-12-14-5-2-1-3-6-14)22-16-10-20-18(21-11-16)15-7-4-8-19-9-15/h1-11H,12-13H2,(H,22,23). The summed E-state index contributed by atoms with van der Waals surface area (Å²) in [4.78, 5) is 24.3. The van der Waals surface area contributed by atoms with Crippen LogP contribution in [-0.4, -0.2) is 27.5 Å². The zero-order valence-electron chi connectivity index (χ0n) is 12.9. The van der Waals surface area contributed by atoms with Crippen molar-refractivity contribution in [3.63, 3.8) is 0 Å². The van der Waals surface area contributed by atoms with E-state index in [9.17, 15) is 4.79 Å². The third-order valence-electron chi connectivity index (χ3n) is 3.20. The van der Waals surface area contributed by atoms with Gasteiger partial charge in [-0.05, 0) is 17.7 Å². The molecule has 1 N–H and O–H groups in total. The maximum absolute atomic E-state index is 11.9. The Hall–Kier alpha value is -3.12. The number of nitrogens with zero attached hydrogens (tertiary/aromatic N) is 3. The first-order valence-corrected chi connectivity index (χ1v) is 7.45. The van der Waals surface area contributed by atoms with Gasteiger partial charge in [-0.15, -0.1) is 0 Å². The molecule has 24 heavy (non-hydrogen) atoms. The molecule has 2 heterocycles. The Morgan fingerprint density at radius 2 is 1.79 bits per heavy atom. The molecule has 0 aliphatic rings. The van der Waals surface area contributed by atoms with Gasteiger partial charge in [0.25, 0.3) is 0 Å². The molecule has 1 amide bonds. The predicted molar refractivity (Wildman–Crippen MR) is 90.0 cm³/mol. The van der Waals surface area contributed by atoms with E-state index in [2.05, 4.69) is 20.3 Å². The Bertz CT molecular complexity index is 777. The lowest BCUT2D eigenvalue weighted by Crippen LogP contribution is -2.18. The summed E-state index contributed by atoms with van der Waals surface area (Å²) < 4.78 is 5.39. The second kappa shape index (κ2) is 7.94. The average Bonchev–Trinajstić information content (AvgIpc) is 2.64. The minimum atomic E-state index is -0.247. The van der Waals surface area contributed by atoms with Crippen molar-refractivity contribution in [1.82, 2.24) is 15.0 Å². The topological polar surface area (TPSA) is 77.0 Å². The lowest BCUT2D eigenvalue weighted by Gasteiger charge is -2.06. The van der Waals surface area contributed by atoms with Crippen LogP contribution < -0.4 is 5.32 Å². The molecule has 0 unspecified atom stereocenters. The Labute approximate surface area is 139 Å². The van der Waals surface area contributed by atoms with E-state index in [1.807, 2.05) is 42.5 Å². The van der Waals surface area contributed by atoms with Crippen LogP contribution in [0.3, 0.4) is 0 Å². The minimum absolute atomic E-state index is 0.0285. The Kier molecular flexibility index (Phi) is 5.21. The highest BCUT2D eigenvalue weighted by molar-refractivity contribution is 5.91. The van der Waals surface area contributed by atoms with Gasteiger partial charge in [0.1, 0.15) is 6.61 Å².